The Hall–Kier alpha value is -0.910. The molecule has 0 fully saturated rings. The summed E-state index contributed by atoms with van der Waals surface area (Å²) in [6.07, 6.45) is 3.73. The Bertz CT molecular complexity index is 275. The molecule has 5 heteroatoms. The lowest BCUT2D eigenvalue weighted by Gasteiger charge is -2.09. The number of aliphatic hydroxyl groups excluding tert-OH is 1. The molecule has 0 aliphatic heterocycles. The number of hydrogen-bond acceptors (Lipinski definition) is 4. The Morgan fingerprint density at radius 3 is 2.93 bits per heavy atom. The largest absolute Gasteiger partial charge is 0.390 e. The molecule has 0 saturated heterocycles. The first-order valence-electron chi connectivity index (χ1n) is 4.94. The molecule has 0 bridgehead atoms. The summed E-state index contributed by atoms with van der Waals surface area (Å²) in [7, 11) is 3.47. The van der Waals surface area contributed by atoms with Crippen LogP contribution in [0.25, 0.3) is 0 Å². The number of aromatic nitrogens is 2. The van der Waals surface area contributed by atoms with Gasteiger partial charge in [-0.3, -0.25) is 4.68 Å². The minimum Gasteiger partial charge on any atom is -0.390 e. The lowest BCUT2D eigenvalue weighted by Crippen LogP contribution is -2.19. The maximum Gasteiger partial charge on any atom is 0.0815 e. The molecule has 0 aliphatic rings. The second-order valence-electron chi connectivity index (χ2n) is 3.45. The van der Waals surface area contributed by atoms with Gasteiger partial charge in [0.05, 0.1) is 32.1 Å². The highest BCUT2D eigenvalue weighted by atomic mass is 16.5. The van der Waals surface area contributed by atoms with Crippen molar-refractivity contribution in [2.75, 3.05) is 26.9 Å². The normalized spacial score (nSPS) is 13.0. The average molecular weight is 214 g/mol. The third kappa shape index (κ3) is 4.92. The Kier molecular flexibility index (Phi) is 5.31. The van der Waals surface area contributed by atoms with Gasteiger partial charge in [-0.1, -0.05) is 0 Å². The second kappa shape index (κ2) is 6.55. The molecule has 1 rings (SSSR count). The van der Waals surface area contributed by atoms with Gasteiger partial charge in [0, 0.05) is 26.8 Å². The summed E-state index contributed by atoms with van der Waals surface area (Å²) in [5.74, 6) is 0. The first-order chi connectivity index (χ1) is 7.22. The molecule has 1 heterocycles. The molecule has 15 heavy (non-hydrogen) atoms. The van der Waals surface area contributed by atoms with E-state index in [4.69, 9.17) is 9.47 Å². The summed E-state index contributed by atoms with van der Waals surface area (Å²) >= 11 is 0. The molecule has 0 amide bonds. The van der Waals surface area contributed by atoms with E-state index >= 15 is 0 Å². The van der Waals surface area contributed by atoms with Crippen molar-refractivity contribution in [3.8, 4) is 0 Å². The van der Waals surface area contributed by atoms with E-state index in [9.17, 15) is 5.11 Å². The fourth-order valence-corrected chi connectivity index (χ4v) is 1.27. The van der Waals surface area contributed by atoms with Gasteiger partial charge in [-0.2, -0.15) is 5.10 Å². The third-order valence-corrected chi connectivity index (χ3v) is 1.97. The van der Waals surface area contributed by atoms with Gasteiger partial charge in [0.2, 0.25) is 0 Å². The number of nitrogens with zero attached hydrogens (tertiary/aromatic N) is 2. The quantitative estimate of drug-likeness (QED) is 0.648. The predicted octanol–water partition coefficient (Wildman–Crippen LogP) is -0.0135. The molecule has 1 unspecified atom stereocenters. The van der Waals surface area contributed by atoms with Crippen molar-refractivity contribution in [3.05, 3.63) is 18.0 Å². The molecule has 0 spiro atoms. The van der Waals surface area contributed by atoms with Crippen LogP contribution in [0.2, 0.25) is 0 Å². The van der Waals surface area contributed by atoms with Crippen LogP contribution < -0.4 is 0 Å². The minimum atomic E-state index is -0.481. The van der Waals surface area contributed by atoms with Crippen LogP contribution in [0.15, 0.2) is 12.4 Å². The number of hydrogen-bond donors (Lipinski definition) is 1. The summed E-state index contributed by atoms with van der Waals surface area (Å²) in [6, 6.07) is 0. The van der Waals surface area contributed by atoms with Crippen molar-refractivity contribution < 1.29 is 14.6 Å². The molecule has 1 aromatic rings. The monoisotopic (exact) mass is 214 g/mol. The van der Waals surface area contributed by atoms with Crippen molar-refractivity contribution in [1.29, 1.82) is 0 Å². The molecule has 0 radical (unpaired) electrons. The first-order valence-corrected chi connectivity index (χ1v) is 4.94. The van der Waals surface area contributed by atoms with Crippen molar-refractivity contribution in [2.24, 2.45) is 7.05 Å². The Balaban J connectivity index is 2.15. The Morgan fingerprint density at radius 2 is 2.33 bits per heavy atom. The van der Waals surface area contributed by atoms with E-state index in [0.29, 0.717) is 26.2 Å². The number of aryl methyl sites for hydroxylation is 1. The fraction of sp³-hybridized carbons (Fsp3) is 0.700. The maximum atomic E-state index is 9.61. The molecular formula is C10H18N2O3. The zero-order chi connectivity index (χ0) is 11.1. The highest BCUT2D eigenvalue weighted by molar-refractivity contribution is 5.04. The SMILES string of the molecule is COCCOCC(O)Cc1cnn(C)c1. The number of aliphatic hydroxyl groups is 1. The molecular weight excluding hydrogens is 196 g/mol. The molecule has 1 N–H and O–H groups in total. The lowest BCUT2D eigenvalue weighted by atomic mass is 10.2. The van der Waals surface area contributed by atoms with Gasteiger partial charge in [0.25, 0.3) is 0 Å². The minimum absolute atomic E-state index is 0.332. The van der Waals surface area contributed by atoms with Gasteiger partial charge in [-0.05, 0) is 5.56 Å². The smallest absolute Gasteiger partial charge is 0.0815 e. The van der Waals surface area contributed by atoms with Crippen LogP contribution in [-0.2, 0) is 22.9 Å². The number of rotatable bonds is 7. The average Bonchev–Trinajstić information content (AvgIpc) is 2.59. The van der Waals surface area contributed by atoms with E-state index in [1.165, 1.54) is 0 Å². The van der Waals surface area contributed by atoms with Crippen LogP contribution >= 0.6 is 0 Å². The van der Waals surface area contributed by atoms with Gasteiger partial charge in [0.1, 0.15) is 0 Å². The Morgan fingerprint density at radius 1 is 1.53 bits per heavy atom. The van der Waals surface area contributed by atoms with Crippen LogP contribution in [0.4, 0.5) is 0 Å². The molecule has 86 valence electrons. The summed E-state index contributed by atoms with van der Waals surface area (Å²) in [4.78, 5) is 0. The molecule has 0 aliphatic carbocycles. The summed E-state index contributed by atoms with van der Waals surface area (Å²) in [5.41, 5.74) is 1.01. The van der Waals surface area contributed by atoms with Crippen LogP contribution in [0.5, 0.6) is 0 Å². The van der Waals surface area contributed by atoms with Gasteiger partial charge < -0.3 is 14.6 Å². The zero-order valence-corrected chi connectivity index (χ0v) is 9.22. The molecule has 1 atom stereocenters. The van der Waals surface area contributed by atoms with Crippen molar-refractivity contribution in [2.45, 2.75) is 12.5 Å². The van der Waals surface area contributed by atoms with Crippen LogP contribution in [0.3, 0.4) is 0 Å². The molecule has 0 aromatic carbocycles. The second-order valence-corrected chi connectivity index (χ2v) is 3.45. The molecule has 5 nitrogen and oxygen atoms in total. The number of methoxy groups -OCH3 is 1. The third-order valence-electron chi connectivity index (χ3n) is 1.97. The highest BCUT2D eigenvalue weighted by Gasteiger charge is 2.06. The van der Waals surface area contributed by atoms with Gasteiger partial charge in [-0.15, -0.1) is 0 Å². The van der Waals surface area contributed by atoms with Gasteiger partial charge in [-0.25, -0.2) is 0 Å². The van der Waals surface area contributed by atoms with Crippen LogP contribution in [0.1, 0.15) is 5.56 Å². The van der Waals surface area contributed by atoms with Crippen LogP contribution in [0, 0.1) is 0 Å². The maximum absolute atomic E-state index is 9.61. The van der Waals surface area contributed by atoms with E-state index in [0.717, 1.165) is 5.56 Å². The van der Waals surface area contributed by atoms with Gasteiger partial charge >= 0.3 is 0 Å². The highest BCUT2D eigenvalue weighted by Crippen LogP contribution is 2.01. The van der Waals surface area contributed by atoms with Crippen molar-refractivity contribution in [1.82, 2.24) is 9.78 Å². The van der Waals surface area contributed by atoms with E-state index < -0.39 is 6.10 Å². The van der Waals surface area contributed by atoms with E-state index in [-0.39, 0.29) is 0 Å². The van der Waals surface area contributed by atoms with E-state index in [1.807, 2.05) is 13.2 Å². The summed E-state index contributed by atoms with van der Waals surface area (Å²) in [6.45, 7) is 1.40. The van der Waals surface area contributed by atoms with Crippen molar-refractivity contribution in [3.63, 3.8) is 0 Å². The zero-order valence-electron chi connectivity index (χ0n) is 9.22. The summed E-state index contributed by atoms with van der Waals surface area (Å²) in [5, 5.41) is 13.6. The Labute approximate surface area is 89.6 Å². The molecule has 1 aromatic heterocycles. The summed E-state index contributed by atoms with van der Waals surface area (Å²) < 4.78 is 11.8. The molecule has 0 saturated carbocycles. The van der Waals surface area contributed by atoms with E-state index in [2.05, 4.69) is 5.10 Å². The fourth-order valence-electron chi connectivity index (χ4n) is 1.27. The van der Waals surface area contributed by atoms with Gasteiger partial charge in [0.15, 0.2) is 0 Å². The first kappa shape index (κ1) is 12.2. The lowest BCUT2D eigenvalue weighted by molar-refractivity contribution is 0.0137. The topological polar surface area (TPSA) is 56.5 Å². The predicted molar refractivity (Wildman–Crippen MR) is 55.6 cm³/mol. The number of ether oxygens (including phenoxy) is 2. The van der Waals surface area contributed by atoms with E-state index in [1.54, 1.807) is 18.0 Å². The van der Waals surface area contributed by atoms with Crippen molar-refractivity contribution >= 4 is 0 Å². The van der Waals surface area contributed by atoms with Crippen LogP contribution in [-0.4, -0.2) is 47.9 Å². The standard InChI is InChI=1S/C10H18N2O3/c1-12-7-9(6-11-12)5-10(13)8-15-4-3-14-2/h6-7,10,13H,3-5,8H2,1-2H3.